The van der Waals surface area contributed by atoms with Gasteiger partial charge < -0.3 is 10.1 Å². The van der Waals surface area contributed by atoms with Gasteiger partial charge in [0.05, 0.1) is 16.7 Å². The van der Waals surface area contributed by atoms with E-state index in [1.807, 2.05) is 19.1 Å². The van der Waals surface area contributed by atoms with Crippen molar-refractivity contribution in [2.45, 2.75) is 31.6 Å². The summed E-state index contributed by atoms with van der Waals surface area (Å²) in [7, 11) is 0. The Bertz CT molecular complexity index is 1100. The largest absolute Gasteiger partial charge is 0.382 e. The van der Waals surface area contributed by atoms with E-state index in [4.69, 9.17) is 27.9 Å². The average molecular weight is 480 g/mol. The Balaban J connectivity index is 1.72. The zero-order valence-corrected chi connectivity index (χ0v) is 19.4. The molecule has 0 saturated heterocycles. The Hall–Kier alpha value is -2.06. The molecule has 0 bridgehead atoms. The lowest BCUT2D eigenvalue weighted by Gasteiger charge is -2.13. The molecule has 1 amide bonds. The van der Waals surface area contributed by atoms with Gasteiger partial charge in [-0.2, -0.15) is 0 Å². The van der Waals surface area contributed by atoms with Crippen molar-refractivity contribution < 1.29 is 9.53 Å². The number of benzene rings is 2. The predicted molar refractivity (Wildman–Crippen MR) is 126 cm³/mol. The Morgan fingerprint density at radius 1 is 1.16 bits per heavy atom. The summed E-state index contributed by atoms with van der Waals surface area (Å²) >= 11 is 13.2. The zero-order valence-electron chi connectivity index (χ0n) is 17.1. The highest BCUT2D eigenvalue weighted by molar-refractivity contribution is 7.99. The highest BCUT2D eigenvalue weighted by Gasteiger charge is 2.14. The van der Waals surface area contributed by atoms with Crippen LogP contribution < -0.4 is 10.9 Å². The van der Waals surface area contributed by atoms with E-state index in [0.29, 0.717) is 58.8 Å². The van der Waals surface area contributed by atoms with Gasteiger partial charge in [0.1, 0.15) is 0 Å². The minimum atomic E-state index is -0.152. The molecule has 1 heterocycles. The summed E-state index contributed by atoms with van der Waals surface area (Å²) < 4.78 is 6.99. The van der Waals surface area contributed by atoms with Crippen LogP contribution in [0.15, 0.2) is 52.4 Å². The molecule has 164 valence electrons. The third-order valence-corrected chi connectivity index (χ3v) is 5.96. The van der Waals surface area contributed by atoms with E-state index in [-0.39, 0.29) is 17.2 Å². The second-order valence-electron chi connectivity index (χ2n) is 6.75. The maximum atomic E-state index is 13.0. The van der Waals surface area contributed by atoms with Crippen LogP contribution in [0.5, 0.6) is 0 Å². The van der Waals surface area contributed by atoms with Crippen LogP contribution in [-0.2, 0) is 22.6 Å². The molecule has 0 spiro atoms. The number of rotatable bonds is 10. The summed E-state index contributed by atoms with van der Waals surface area (Å²) in [5.74, 6) is -0.0151. The van der Waals surface area contributed by atoms with E-state index < -0.39 is 0 Å². The number of thioether (sulfide) groups is 1. The summed E-state index contributed by atoms with van der Waals surface area (Å²) in [6.45, 7) is 3.96. The van der Waals surface area contributed by atoms with E-state index in [2.05, 4.69) is 10.3 Å². The minimum Gasteiger partial charge on any atom is -0.382 e. The van der Waals surface area contributed by atoms with Crippen molar-refractivity contribution in [3.8, 4) is 0 Å². The molecule has 0 atom stereocenters. The lowest BCUT2D eigenvalue weighted by atomic mass is 10.2. The van der Waals surface area contributed by atoms with Gasteiger partial charge in [0.15, 0.2) is 5.16 Å². The van der Waals surface area contributed by atoms with Crippen molar-refractivity contribution in [3.63, 3.8) is 0 Å². The molecule has 31 heavy (non-hydrogen) atoms. The average Bonchev–Trinajstić information content (AvgIpc) is 2.76. The summed E-state index contributed by atoms with van der Waals surface area (Å²) in [4.78, 5) is 30.0. The van der Waals surface area contributed by atoms with Gasteiger partial charge >= 0.3 is 0 Å². The van der Waals surface area contributed by atoms with E-state index in [0.717, 1.165) is 5.56 Å². The third-order valence-electron chi connectivity index (χ3n) is 4.49. The van der Waals surface area contributed by atoms with Gasteiger partial charge in [0.25, 0.3) is 5.56 Å². The smallest absolute Gasteiger partial charge is 0.262 e. The first kappa shape index (κ1) is 23.6. The van der Waals surface area contributed by atoms with Crippen LogP contribution >= 0.6 is 35.0 Å². The Morgan fingerprint density at radius 3 is 2.65 bits per heavy atom. The Labute approximate surface area is 194 Å². The summed E-state index contributed by atoms with van der Waals surface area (Å²) in [5, 5.41) is 5.00. The normalized spacial score (nSPS) is 11.1. The van der Waals surface area contributed by atoms with E-state index in [1.54, 1.807) is 34.9 Å². The van der Waals surface area contributed by atoms with Crippen LogP contribution in [0.25, 0.3) is 10.9 Å². The molecule has 1 aromatic heterocycles. The van der Waals surface area contributed by atoms with Gasteiger partial charge in [-0.05, 0) is 49.2 Å². The number of hydrogen-bond acceptors (Lipinski definition) is 5. The first-order valence-electron chi connectivity index (χ1n) is 9.89. The topological polar surface area (TPSA) is 73.2 Å². The molecule has 1 N–H and O–H groups in total. The molecule has 0 aliphatic heterocycles. The van der Waals surface area contributed by atoms with E-state index in [1.165, 1.54) is 11.8 Å². The number of nitrogens with one attached hydrogen (secondary N) is 1. The second-order valence-corrected chi connectivity index (χ2v) is 8.57. The molecular formula is C22H23Cl2N3O3S. The van der Waals surface area contributed by atoms with Gasteiger partial charge in [-0.1, -0.05) is 47.1 Å². The maximum absolute atomic E-state index is 13.0. The van der Waals surface area contributed by atoms with Crippen molar-refractivity contribution in [2.24, 2.45) is 0 Å². The second kappa shape index (κ2) is 11.5. The Kier molecular flexibility index (Phi) is 8.78. The van der Waals surface area contributed by atoms with Gasteiger partial charge in [0, 0.05) is 36.3 Å². The van der Waals surface area contributed by atoms with Crippen LogP contribution in [0.2, 0.25) is 10.0 Å². The van der Waals surface area contributed by atoms with Gasteiger partial charge in [-0.25, -0.2) is 4.98 Å². The predicted octanol–water partition coefficient (Wildman–Crippen LogP) is 4.54. The molecule has 9 heteroatoms. The van der Waals surface area contributed by atoms with Crippen molar-refractivity contribution in [1.82, 2.24) is 14.9 Å². The molecule has 2 aromatic carbocycles. The SMILES string of the molecule is CCOCCCn1c(SCC(=O)NCc2ccc(Cl)cc2)nc2cc(Cl)ccc2c1=O. The number of carbonyl (C=O) groups excluding carboxylic acids is 1. The molecule has 0 fully saturated rings. The first-order chi connectivity index (χ1) is 15.0. The molecule has 0 unspecified atom stereocenters. The molecule has 0 saturated carbocycles. The maximum Gasteiger partial charge on any atom is 0.262 e. The van der Waals surface area contributed by atoms with Crippen molar-refractivity contribution in [3.05, 3.63) is 68.4 Å². The van der Waals surface area contributed by atoms with E-state index >= 15 is 0 Å². The number of nitrogens with zero attached hydrogens (tertiary/aromatic N) is 2. The summed E-state index contributed by atoms with van der Waals surface area (Å²) in [6.07, 6.45) is 0.671. The van der Waals surface area contributed by atoms with Crippen molar-refractivity contribution in [1.29, 1.82) is 0 Å². The number of hydrogen-bond donors (Lipinski definition) is 1. The van der Waals surface area contributed by atoms with Crippen molar-refractivity contribution in [2.75, 3.05) is 19.0 Å². The number of aromatic nitrogens is 2. The number of halogens is 2. The lowest BCUT2D eigenvalue weighted by Crippen LogP contribution is -2.27. The molecule has 0 aliphatic rings. The van der Waals surface area contributed by atoms with Crippen LogP contribution in [0, 0.1) is 0 Å². The van der Waals surface area contributed by atoms with E-state index in [9.17, 15) is 9.59 Å². The number of carbonyl (C=O) groups is 1. The summed E-state index contributed by atoms with van der Waals surface area (Å²) in [5.41, 5.74) is 1.32. The highest BCUT2D eigenvalue weighted by atomic mass is 35.5. The number of ether oxygens (including phenoxy) is 1. The molecule has 0 aliphatic carbocycles. The molecule has 0 radical (unpaired) electrons. The minimum absolute atomic E-state index is 0.136. The standard InChI is InChI=1S/C22H23Cl2N3O3S/c1-2-30-11-3-10-27-21(29)18-9-8-17(24)12-19(18)26-22(27)31-14-20(28)25-13-15-4-6-16(23)7-5-15/h4-9,12H,2-3,10-11,13-14H2,1H3,(H,25,28). The van der Waals surface area contributed by atoms with Gasteiger partial charge in [0.2, 0.25) is 5.91 Å². The molecule has 3 aromatic rings. The third kappa shape index (κ3) is 6.71. The monoisotopic (exact) mass is 479 g/mol. The van der Waals surface area contributed by atoms with Crippen LogP contribution in [0.4, 0.5) is 0 Å². The first-order valence-corrected chi connectivity index (χ1v) is 11.6. The zero-order chi connectivity index (χ0) is 22.2. The Morgan fingerprint density at radius 2 is 1.90 bits per heavy atom. The fourth-order valence-corrected chi connectivity index (χ4v) is 4.08. The van der Waals surface area contributed by atoms with Gasteiger partial charge in [-0.3, -0.25) is 14.2 Å². The van der Waals surface area contributed by atoms with Crippen molar-refractivity contribution >= 4 is 51.8 Å². The van der Waals surface area contributed by atoms with Crippen LogP contribution in [0.3, 0.4) is 0 Å². The molecule has 3 rings (SSSR count). The molecule has 6 nitrogen and oxygen atoms in total. The molecular weight excluding hydrogens is 457 g/mol. The highest BCUT2D eigenvalue weighted by Crippen LogP contribution is 2.21. The van der Waals surface area contributed by atoms with Crippen LogP contribution in [-0.4, -0.2) is 34.4 Å². The lowest BCUT2D eigenvalue weighted by molar-refractivity contribution is -0.118. The summed E-state index contributed by atoms with van der Waals surface area (Å²) in [6, 6.07) is 12.3. The van der Waals surface area contributed by atoms with Crippen LogP contribution in [0.1, 0.15) is 18.9 Å². The number of amides is 1. The fourth-order valence-electron chi connectivity index (χ4n) is 2.93. The van der Waals surface area contributed by atoms with Gasteiger partial charge in [-0.15, -0.1) is 0 Å². The quantitative estimate of drug-likeness (QED) is 0.262. The fraction of sp³-hybridized carbons (Fsp3) is 0.318. The number of fused-ring (bicyclic) bond motifs is 1.